The zero-order valence-electron chi connectivity index (χ0n) is 11.4. The van der Waals surface area contributed by atoms with Gasteiger partial charge in [0.1, 0.15) is 0 Å². The first-order valence-electron chi connectivity index (χ1n) is 6.64. The Kier molecular flexibility index (Phi) is 4.69. The second-order valence-electron chi connectivity index (χ2n) is 5.37. The fourth-order valence-corrected chi connectivity index (χ4v) is 5.03. The SMILES string of the molecule is Cc1ccc(S(=O)(=O)N(C)CC2CCCC2)c(Br)c1. The van der Waals surface area contributed by atoms with E-state index in [-0.39, 0.29) is 0 Å². The Balaban J connectivity index is 2.20. The highest BCUT2D eigenvalue weighted by atomic mass is 79.9. The predicted molar refractivity (Wildman–Crippen MR) is 80.7 cm³/mol. The van der Waals surface area contributed by atoms with E-state index in [1.165, 1.54) is 17.1 Å². The van der Waals surface area contributed by atoms with E-state index in [1.807, 2.05) is 19.1 Å². The van der Waals surface area contributed by atoms with Gasteiger partial charge in [0.15, 0.2) is 0 Å². The predicted octanol–water partition coefficient (Wildman–Crippen LogP) is 3.57. The summed E-state index contributed by atoms with van der Waals surface area (Å²) in [6, 6.07) is 5.36. The van der Waals surface area contributed by atoms with Gasteiger partial charge in [0.05, 0.1) is 4.90 Å². The van der Waals surface area contributed by atoms with Gasteiger partial charge in [-0.05, 0) is 59.3 Å². The fraction of sp³-hybridized carbons (Fsp3) is 0.571. The number of aryl methyl sites for hydroxylation is 1. The van der Waals surface area contributed by atoms with Crippen LogP contribution in [0.4, 0.5) is 0 Å². The molecule has 0 unspecified atom stereocenters. The first-order valence-corrected chi connectivity index (χ1v) is 8.87. The van der Waals surface area contributed by atoms with Crippen LogP contribution in [0, 0.1) is 12.8 Å². The van der Waals surface area contributed by atoms with E-state index < -0.39 is 10.0 Å². The van der Waals surface area contributed by atoms with Gasteiger partial charge in [-0.1, -0.05) is 18.9 Å². The average molecular weight is 346 g/mol. The maximum atomic E-state index is 12.5. The van der Waals surface area contributed by atoms with E-state index in [1.54, 1.807) is 13.1 Å². The Bertz CT molecular complexity index is 551. The zero-order valence-corrected chi connectivity index (χ0v) is 13.8. The Morgan fingerprint density at radius 2 is 1.95 bits per heavy atom. The van der Waals surface area contributed by atoms with E-state index in [2.05, 4.69) is 15.9 Å². The molecule has 1 saturated carbocycles. The van der Waals surface area contributed by atoms with Crippen LogP contribution in [0.5, 0.6) is 0 Å². The Morgan fingerprint density at radius 1 is 1.32 bits per heavy atom. The summed E-state index contributed by atoms with van der Waals surface area (Å²) in [5.74, 6) is 0.518. The molecule has 5 heteroatoms. The van der Waals surface area contributed by atoms with E-state index >= 15 is 0 Å². The largest absolute Gasteiger partial charge is 0.243 e. The maximum Gasteiger partial charge on any atom is 0.243 e. The molecule has 0 atom stereocenters. The summed E-state index contributed by atoms with van der Waals surface area (Å²) < 4.78 is 27.2. The van der Waals surface area contributed by atoms with Gasteiger partial charge in [0.25, 0.3) is 0 Å². The van der Waals surface area contributed by atoms with Crippen molar-refractivity contribution in [3.05, 3.63) is 28.2 Å². The fourth-order valence-electron chi connectivity index (χ4n) is 2.64. The van der Waals surface area contributed by atoms with Crippen molar-refractivity contribution >= 4 is 26.0 Å². The molecule has 1 aliphatic rings. The Labute approximate surface area is 124 Å². The van der Waals surface area contributed by atoms with Gasteiger partial charge in [-0.2, -0.15) is 0 Å². The molecular weight excluding hydrogens is 326 g/mol. The lowest BCUT2D eigenvalue weighted by Gasteiger charge is -2.21. The van der Waals surface area contributed by atoms with Crippen LogP contribution in [0.3, 0.4) is 0 Å². The molecule has 1 aromatic rings. The molecule has 1 aliphatic carbocycles. The average Bonchev–Trinajstić information content (AvgIpc) is 2.81. The van der Waals surface area contributed by atoms with Crippen molar-refractivity contribution in [3.8, 4) is 0 Å². The smallest absolute Gasteiger partial charge is 0.207 e. The molecule has 106 valence electrons. The number of sulfonamides is 1. The van der Waals surface area contributed by atoms with Crippen LogP contribution < -0.4 is 0 Å². The minimum atomic E-state index is -3.39. The third kappa shape index (κ3) is 3.38. The molecule has 0 radical (unpaired) electrons. The molecule has 0 heterocycles. The normalized spacial score (nSPS) is 17.3. The summed E-state index contributed by atoms with van der Waals surface area (Å²) in [4.78, 5) is 0.360. The quantitative estimate of drug-likeness (QED) is 0.836. The van der Waals surface area contributed by atoms with Gasteiger partial charge < -0.3 is 0 Å². The molecule has 1 fully saturated rings. The molecule has 2 rings (SSSR count). The number of halogens is 1. The molecule has 19 heavy (non-hydrogen) atoms. The van der Waals surface area contributed by atoms with E-state index in [0.717, 1.165) is 18.4 Å². The standard InChI is InChI=1S/C14H20BrNO2S/c1-11-7-8-14(13(15)9-11)19(17,18)16(2)10-12-5-3-4-6-12/h7-9,12H,3-6,10H2,1-2H3. The van der Waals surface area contributed by atoms with Crippen molar-refractivity contribution < 1.29 is 8.42 Å². The van der Waals surface area contributed by atoms with Crippen LogP contribution in [-0.4, -0.2) is 26.3 Å². The summed E-state index contributed by atoms with van der Waals surface area (Å²) in [6.07, 6.45) is 4.75. The Morgan fingerprint density at radius 3 is 2.53 bits per heavy atom. The summed E-state index contributed by atoms with van der Waals surface area (Å²) in [5.41, 5.74) is 1.05. The molecule has 0 bridgehead atoms. The molecule has 1 aromatic carbocycles. The van der Waals surface area contributed by atoms with Crippen molar-refractivity contribution in [2.75, 3.05) is 13.6 Å². The number of rotatable bonds is 4. The number of nitrogens with zero attached hydrogens (tertiary/aromatic N) is 1. The second kappa shape index (κ2) is 5.94. The summed E-state index contributed by atoms with van der Waals surface area (Å²) in [6.45, 7) is 2.58. The van der Waals surface area contributed by atoms with Crippen molar-refractivity contribution in [2.45, 2.75) is 37.5 Å². The van der Waals surface area contributed by atoms with Crippen LogP contribution in [0.25, 0.3) is 0 Å². The molecule has 0 spiro atoms. The van der Waals surface area contributed by atoms with Crippen LogP contribution in [0.1, 0.15) is 31.2 Å². The van der Waals surface area contributed by atoms with Crippen molar-refractivity contribution in [3.63, 3.8) is 0 Å². The van der Waals surface area contributed by atoms with E-state index in [9.17, 15) is 8.42 Å². The third-order valence-corrected chi connectivity index (χ3v) is 6.57. The van der Waals surface area contributed by atoms with Crippen molar-refractivity contribution in [1.29, 1.82) is 0 Å². The van der Waals surface area contributed by atoms with Gasteiger partial charge in [-0.15, -0.1) is 0 Å². The minimum Gasteiger partial charge on any atom is -0.207 e. The molecular formula is C14H20BrNO2S. The molecule has 0 amide bonds. The van der Waals surface area contributed by atoms with Crippen molar-refractivity contribution in [1.82, 2.24) is 4.31 Å². The molecule has 0 aromatic heterocycles. The minimum absolute atomic E-state index is 0.360. The number of benzene rings is 1. The van der Waals surface area contributed by atoms with E-state index in [0.29, 0.717) is 21.8 Å². The van der Waals surface area contributed by atoms with Gasteiger partial charge >= 0.3 is 0 Å². The highest BCUT2D eigenvalue weighted by Gasteiger charge is 2.26. The molecule has 0 aliphatic heterocycles. The van der Waals surface area contributed by atoms with Crippen LogP contribution in [-0.2, 0) is 10.0 Å². The third-order valence-electron chi connectivity index (χ3n) is 3.77. The monoisotopic (exact) mass is 345 g/mol. The Hall–Kier alpha value is -0.390. The van der Waals surface area contributed by atoms with Gasteiger partial charge in [-0.3, -0.25) is 0 Å². The number of hydrogen-bond acceptors (Lipinski definition) is 2. The molecule has 0 N–H and O–H groups in total. The molecule has 3 nitrogen and oxygen atoms in total. The highest BCUT2D eigenvalue weighted by Crippen LogP contribution is 2.29. The van der Waals surface area contributed by atoms with Crippen LogP contribution >= 0.6 is 15.9 Å². The molecule has 0 saturated heterocycles. The highest BCUT2D eigenvalue weighted by molar-refractivity contribution is 9.10. The summed E-state index contributed by atoms with van der Waals surface area (Å²) in [7, 11) is -1.71. The second-order valence-corrected chi connectivity index (χ2v) is 8.24. The maximum absolute atomic E-state index is 12.5. The van der Waals surface area contributed by atoms with Gasteiger partial charge in [0, 0.05) is 18.1 Å². The first kappa shape index (κ1) is 15.0. The van der Waals surface area contributed by atoms with Crippen LogP contribution in [0.2, 0.25) is 0 Å². The van der Waals surface area contributed by atoms with Gasteiger partial charge in [-0.25, -0.2) is 12.7 Å². The lowest BCUT2D eigenvalue weighted by molar-refractivity contribution is 0.387. The van der Waals surface area contributed by atoms with Gasteiger partial charge in [0.2, 0.25) is 10.0 Å². The summed E-state index contributed by atoms with van der Waals surface area (Å²) in [5, 5.41) is 0. The topological polar surface area (TPSA) is 37.4 Å². The first-order chi connectivity index (χ1) is 8.91. The lowest BCUT2D eigenvalue weighted by Crippen LogP contribution is -2.31. The zero-order chi connectivity index (χ0) is 14.0. The van der Waals surface area contributed by atoms with Crippen molar-refractivity contribution in [2.24, 2.45) is 5.92 Å². The van der Waals surface area contributed by atoms with E-state index in [4.69, 9.17) is 0 Å². The number of hydrogen-bond donors (Lipinski definition) is 0. The summed E-state index contributed by atoms with van der Waals surface area (Å²) >= 11 is 3.36. The van der Waals surface area contributed by atoms with Crippen LogP contribution in [0.15, 0.2) is 27.6 Å². The lowest BCUT2D eigenvalue weighted by atomic mass is 10.1.